The number of pyridine rings is 1. The summed E-state index contributed by atoms with van der Waals surface area (Å²) in [7, 11) is 0. The van der Waals surface area contributed by atoms with Gasteiger partial charge in [0, 0.05) is 0 Å². The van der Waals surface area contributed by atoms with Crippen molar-refractivity contribution < 1.29 is 9.53 Å². The second kappa shape index (κ2) is 2.88. The summed E-state index contributed by atoms with van der Waals surface area (Å²) in [4.78, 5) is 15.1. The summed E-state index contributed by atoms with van der Waals surface area (Å²) in [5.74, 6) is 0.731. The Morgan fingerprint density at radius 3 is 3.15 bits per heavy atom. The molecule has 0 saturated heterocycles. The Kier molecular flexibility index (Phi) is 1.84. The number of aromatic nitrogens is 1. The number of nitrogens with one attached hydrogen (secondary N) is 1. The minimum atomic E-state index is -0.476. The van der Waals surface area contributed by atoms with Gasteiger partial charge in [-0.2, -0.15) is 0 Å². The first kappa shape index (κ1) is 8.31. The molecular formula is C8H7ClN2O2. The van der Waals surface area contributed by atoms with E-state index in [1.54, 1.807) is 19.1 Å². The Bertz CT molecular complexity index is 367. The van der Waals surface area contributed by atoms with Gasteiger partial charge in [0.25, 0.3) is 5.91 Å². The van der Waals surface area contributed by atoms with Gasteiger partial charge in [-0.3, -0.25) is 4.79 Å². The fourth-order valence-electron chi connectivity index (χ4n) is 1.07. The van der Waals surface area contributed by atoms with Gasteiger partial charge >= 0.3 is 0 Å². The summed E-state index contributed by atoms with van der Waals surface area (Å²) < 4.78 is 5.27. The van der Waals surface area contributed by atoms with Crippen LogP contribution in [-0.2, 0) is 4.79 Å². The number of nitrogens with zero attached hydrogens (tertiary/aromatic N) is 1. The fraction of sp³-hybridized carbons (Fsp3) is 0.250. The lowest BCUT2D eigenvalue weighted by molar-refractivity contribution is -0.122. The summed E-state index contributed by atoms with van der Waals surface area (Å²) in [6.45, 7) is 1.67. The van der Waals surface area contributed by atoms with Crippen LogP contribution in [0.25, 0.3) is 0 Å². The number of fused-ring (bicyclic) bond motifs is 1. The minimum absolute atomic E-state index is 0.206. The fourth-order valence-corrected chi connectivity index (χ4v) is 1.22. The van der Waals surface area contributed by atoms with Gasteiger partial charge in [0.05, 0.1) is 0 Å². The van der Waals surface area contributed by atoms with Crippen LogP contribution in [0.1, 0.15) is 6.92 Å². The van der Waals surface area contributed by atoms with Crippen molar-refractivity contribution in [2.24, 2.45) is 0 Å². The normalized spacial score (nSPS) is 20.2. The Labute approximate surface area is 79.9 Å². The average molecular weight is 199 g/mol. The third-order valence-electron chi connectivity index (χ3n) is 1.74. The van der Waals surface area contributed by atoms with Crippen LogP contribution in [0.3, 0.4) is 0 Å². The predicted molar refractivity (Wildman–Crippen MR) is 48.0 cm³/mol. The number of carbonyl (C=O) groups excluding carboxylic acids is 1. The molecule has 1 aliphatic rings. The van der Waals surface area contributed by atoms with E-state index in [1.807, 2.05) is 0 Å². The molecule has 5 heteroatoms. The summed E-state index contributed by atoms with van der Waals surface area (Å²) in [6.07, 6.45) is -0.476. The van der Waals surface area contributed by atoms with Crippen LogP contribution in [0.15, 0.2) is 12.1 Å². The van der Waals surface area contributed by atoms with E-state index in [0.29, 0.717) is 16.7 Å². The van der Waals surface area contributed by atoms with Gasteiger partial charge in [-0.25, -0.2) is 4.98 Å². The Morgan fingerprint density at radius 2 is 2.38 bits per heavy atom. The van der Waals surface area contributed by atoms with E-state index in [4.69, 9.17) is 16.3 Å². The van der Waals surface area contributed by atoms with Crippen molar-refractivity contribution in [2.45, 2.75) is 13.0 Å². The molecule has 0 fully saturated rings. The molecule has 0 saturated carbocycles. The summed E-state index contributed by atoms with van der Waals surface area (Å²) in [5, 5.41) is 2.92. The zero-order valence-corrected chi connectivity index (χ0v) is 7.63. The molecule has 2 rings (SSSR count). The van der Waals surface area contributed by atoms with Crippen molar-refractivity contribution in [1.29, 1.82) is 0 Å². The maximum absolute atomic E-state index is 11.1. The number of amides is 1. The first-order valence-corrected chi connectivity index (χ1v) is 4.18. The number of rotatable bonds is 0. The molecular weight excluding hydrogens is 192 g/mol. The van der Waals surface area contributed by atoms with E-state index in [2.05, 4.69) is 10.3 Å². The molecule has 0 radical (unpaired) electrons. The van der Waals surface area contributed by atoms with Crippen molar-refractivity contribution in [3.05, 3.63) is 17.3 Å². The van der Waals surface area contributed by atoms with Crippen molar-refractivity contribution >= 4 is 23.3 Å². The quantitative estimate of drug-likeness (QED) is 0.642. The molecule has 2 heterocycles. The van der Waals surface area contributed by atoms with Gasteiger partial charge in [-0.05, 0) is 19.1 Å². The molecule has 1 aromatic rings. The summed E-state index contributed by atoms with van der Waals surface area (Å²) >= 11 is 5.64. The van der Waals surface area contributed by atoms with Gasteiger partial charge in [0.1, 0.15) is 5.15 Å². The molecule has 0 aromatic carbocycles. The third-order valence-corrected chi connectivity index (χ3v) is 1.95. The second-order valence-corrected chi connectivity index (χ2v) is 3.12. The number of ether oxygens (including phenoxy) is 1. The van der Waals surface area contributed by atoms with Gasteiger partial charge in [-0.1, -0.05) is 11.6 Å². The molecule has 1 aliphatic heterocycles. The molecule has 13 heavy (non-hydrogen) atoms. The lowest BCUT2D eigenvalue weighted by Crippen LogP contribution is -2.34. The van der Waals surface area contributed by atoms with Crippen molar-refractivity contribution in [2.75, 3.05) is 5.32 Å². The molecule has 68 valence electrons. The van der Waals surface area contributed by atoms with Gasteiger partial charge in [0.2, 0.25) is 0 Å². The average Bonchev–Trinajstić information content (AvgIpc) is 2.08. The number of anilines is 1. The van der Waals surface area contributed by atoms with Crippen LogP contribution >= 0.6 is 11.6 Å². The van der Waals surface area contributed by atoms with Crippen molar-refractivity contribution in [3.63, 3.8) is 0 Å². The molecule has 1 amide bonds. The Morgan fingerprint density at radius 1 is 1.62 bits per heavy atom. The smallest absolute Gasteiger partial charge is 0.266 e. The minimum Gasteiger partial charge on any atom is -0.477 e. The molecule has 1 atom stereocenters. The van der Waals surface area contributed by atoms with Gasteiger partial charge in [0.15, 0.2) is 17.7 Å². The highest BCUT2D eigenvalue weighted by molar-refractivity contribution is 6.29. The second-order valence-electron chi connectivity index (χ2n) is 2.73. The van der Waals surface area contributed by atoms with Crippen molar-refractivity contribution in [3.8, 4) is 5.75 Å². The van der Waals surface area contributed by atoms with Crippen LogP contribution in [-0.4, -0.2) is 17.0 Å². The number of hydrogen-bond donors (Lipinski definition) is 1. The molecule has 0 spiro atoms. The van der Waals surface area contributed by atoms with E-state index in [-0.39, 0.29) is 5.91 Å². The van der Waals surface area contributed by atoms with Crippen molar-refractivity contribution in [1.82, 2.24) is 4.98 Å². The van der Waals surface area contributed by atoms with E-state index in [9.17, 15) is 4.79 Å². The van der Waals surface area contributed by atoms with E-state index >= 15 is 0 Å². The van der Waals surface area contributed by atoms with Crippen LogP contribution in [0.5, 0.6) is 5.75 Å². The van der Waals surface area contributed by atoms with Gasteiger partial charge in [-0.15, -0.1) is 0 Å². The highest BCUT2D eigenvalue weighted by Crippen LogP contribution is 2.28. The lowest BCUT2D eigenvalue weighted by Gasteiger charge is -2.21. The first-order valence-electron chi connectivity index (χ1n) is 3.81. The molecule has 1 aromatic heterocycles. The van der Waals surface area contributed by atoms with Gasteiger partial charge < -0.3 is 10.1 Å². The maximum Gasteiger partial charge on any atom is 0.266 e. The van der Waals surface area contributed by atoms with Crippen LogP contribution < -0.4 is 10.1 Å². The van der Waals surface area contributed by atoms with E-state index in [0.717, 1.165) is 0 Å². The topological polar surface area (TPSA) is 51.2 Å². The predicted octanol–water partition coefficient (Wildman–Crippen LogP) is 1.45. The first-order chi connectivity index (χ1) is 6.16. The van der Waals surface area contributed by atoms with Crippen LogP contribution in [0.4, 0.5) is 5.82 Å². The number of hydrogen-bond acceptors (Lipinski definition) is 3. The number of carbonyl (C=O) groups is 1. The summed E-state index contributed by atoms with van der Waals surface area (Å²) in [5.41, 5.74) is 0. The van der Waals surface area contributed by atoms with E-state index in [1.165, 1.54) is 0 Å². The zero-order valence-electron chi connectivity index (χ0n) is 6.87. The lowest BCUT2D eigenvalue weighted by atomic mass is 10.3. The summed E-state index contributed by atoms with van der Waals surface area (Å²) in [6, 6.07) is 3.30. The molecule has 1 N–H and O–H groups in total. The van der Waals surface area contributed by atoms with E-state index < -0.39 is 6.10 Å². The largest absolute Gasteiger partial charge is 0.477 e. The molecule has 0 aliphatic carbocycles. The maximum atomic E-state index is 11.1. The Hall–Kier alpha value is -1.29. The molecule has 0 unspecified atom stereocenters. The monoisotopic (exact) mass is 198 g/mol. The highest BCUT2D eigenvalue weighted by atomic mass is 35.5. The SMILES string of the molecule is C[C@H]1Oc2ccc(Cl)nc2NC1=O. The van der Waals surface area contributed by atoms with Crippen LogP contribution in [0, 0.1) is 0 Å². The number of halogens is 1. The standard InChI is InChI=1S/C8H7ClN2O2/c1-4-8(12)11-7-5(13-4)2-3-6(9)10-7/h2-4H,1H3,(H,10,11,12)/t4-/m1/s1. The zero-order chi connectivity index (χ0) is 9.42. The molecule has 0 bridgehead atoms. The molecule has 4 nitrogen and oxygen atoms in total. The third kappa shape index (κ3) is 1.45. The van der Waals surface area contributed by atoms with Crippen LogP contribution in [0.2, 0.25) is 5.15 Å². The Balaban J connectivity index is 2.42. The highest BCUT2D eigenvalue weighted by Gasteiger charge is 2.24.